The average molecular weight is 173 g/mol. The summed E-state index contributed by atoms with van der Waals surface area (Å²) in [6.07, 6.45) is 12.8. The Bertz CT molecular complexity index is 305. The molecule has 0 amide bonds. The van der Waals surface area contributed by atoms with Crippen LogP contribution in [0.4, 0.5) is 0 Å². The van der Waals surface area contributed by atoms with E-state index in [1.165, 1.54) is 5.57 Å². The van der Waals surface area contributed by atoms with Crippen LogP contribution in [0.3, 0.4) is 0 Å². The quantitative estimate of drug-likeness (QED) is 0.578. The predicted molar refractivity (Wildman–Crippen MR) is 56.7 cm³/mol. The molecular weight excluding hydrogens is 158 g/mol. The standard InChI is InChI=1S/C12H15N/c1-9(2)11-5-3-4-10-8-13-7-6-12(10)11/h3-10,12H,1-2H3. The van der Waals surface area contributed by atoms with Crippen LogP contribution in [-0.2, 0) is 0 Å². The lowest BCUT2D eigenvalue weighted by Gasteiger charge is -2.28. The van der Waals surface area contributed by atoms with Gasteiger partial charge in [-0.25, -0.2) is 0 Å². The van der Waals surface area contributed by atoms with E-state index in [1.54, 1.807) is 0 Å². The molecule has 0 bridgehead atoms. The minimum absolute atomic E-state index is 0.493. The molecule has 0 radical (unpaired) electrons. The summed E-state index contributed by atoms with van der Waals surface area (Å²) < 4.78 is 0. The third kappa shape index (κ3) is 1.51. The molecule has 1 heteroatoms. The molecule has 68 valence electrons. The van der Waals surface area contributed by atoms with Gasteiger partial charge in [-0.15, -0.1) is 0 Å². The van der Waals surface area contributed by atoms with Gasteiger partial charge in [0.1, 0.15) is 0 Å². The molecular formula is C12H15N. The van der Waals surface area contributed by atoms with E-state index >= 15 is 0 Å². The lowest BCUT2D eigenvalue weighted by Crippen LogP contribution is -2.21. The smallest absolute Gasteiger partial charge is 0.0230 e. The summed E-state index contributed by atoms with van der Waals surface area (Å²) in [4.78, 5) is 4.17. The maximum Gasteiger partial charge on any atom is 0.0230 e. The normalized spacial score (nSPS) is 30.5. The molecule has 2 aliphatic rings. The number of fused-ring (bicyclic) bond motifs is 1. The van der Waals surface area contributed by atoms with Crippen molar-refractivity contribution in [2.45, 2.75) is 13.8 Å². The second-order valence-electron chi connectivity index (χ2n) is 3.95. The highest BCUT2D eigenvalue weighted by atomic mass is 14.7. The highest BCUT2D eigenvalue weighted by molar-refractivity contribution is 5.68. The Morgan fingerprint density at radius 1 is 1.31 bits per heavy atom. The van der Waals surface area contributed by atoms with Crippen LogP contribution in [0.2, 0.25) is 0 Å². The zero-order valence-electron chi connectivity index (χ0n) is 8.14. The van der Waals surface area contributed by atoms with Crippen LogP contribution >= 0.6 is 0 Å². The largest absolute Gasteiger partial charge is 0.269 e. The molecule has 0 N–H and O–H groups in total. The predicted octanol–water partition coefficient (Wildman–Crippen LogP) is 2.97. The maximum atomic E-state index is 4.17. The lowest BCUT2D eigenvalue weighted by molar-refractivity contribution is 0.574. The molecule has 13 heavy (non-hydrogen) atoms. The van der Waals surface area contributed by atoms with Crippen molar-refractivity contribution in [2.75, 3.05) is 0 Å². The molecule has 0 spiro atoms. The first kappa shape index (κ1) is 8.49. The van der Waals surface area contributed by atoms with Crippen molar-refractivity contribution >= 4 is 6.21 Å². The van der Waals surface area contributed by atoms with Crippen molar-refractivity contribution in [1.29, 1.82) is 0 Å². The monoisotopic (exact) mass is 173 g/mol. The van der Waals surface area contributed by atoms with Gasteiger partial charge >= 0.3 is 0 Å². The lowest BCUT2D eigenvalue weighted by atomic mass is 9.77. The van der Waals surface area contributed by atoms with Crippen molar-refractivity contribution in [1.82, 2.24) is 0 Å². The number of nitrogens with zero attached hydrogens (tertiary/aromatic N) is 1. The van der Waals surface area contributed by atoms with Crippen molar-refractivity contribution < 1.29 is 0 Å². The molecule has 2 atom stereocenters. The highest BCUT2D eigenvalue weighted by Gasteiger charge is 2.24. The topological polar surface area (TPSA) is 12.4 Å². The van der Waals surface area contributed by atoms with E-state index in [0.29, 0.717) is 17.8 Å². The van der Waals surface area contributed by atoms with Crippen molar-refractivity contribution in [2.24, 2.45) is 22.7 Å². The molecule has 0 saturated carbocycles. The van der Waals surface area contributed by atoms with Crippen LogP contribution in [0.25, 0.3) is 0 Å². The van der Waals surface area contributed by atoms with Crippen molar-refractivity contribution in [3.05, 3.63) is 36.1 Å². The molecule has 0 aromatic heterocycles. The van der Waals surface area contributed by atoms with Gasteiger partial charge in [0.25, 0.3) is 0 Å². The van der Waals surface area contributed by atoms with Gasteiger partial charge < -0.3 is 0 Å². The van der Waals surface area contributed by atoms with Gasteiger partial charge in [0.05, 0.1) is 0 Å². The van der Waals surface area contributed by atoms with E-state index in [9.17, 15) is 0 Å². The number of hydrogen-bond acceptors (Lipinski definition) is 1. The minimum Gasteiger partial charge on any atom is -0.269 e. The SMILES string of the molecule is CC(C)C1=CC=CC2C=NC=CC12. The fraction of sp³-hybridized carbons (Fsp3) is 0.417. The summed E-state index contributed by atoms with van der Waals surface area (Å²) in [6.45, 7) is 4.50. The molecule has 1 nitrogen and oxygen atoms in total. The number of hydrogen-bond donors (Lipinski definition) is 0. The van der Waals surface area contributed by atoms with Gasteiger partial charge in [0.2, 0.25) is 0 Å². The van der Waals surface area contributed by atoms with E-state index in [-0.39, 0.29) is 0 Å². The van der Waals surface area contributed by atoms with E-state index in [4.69, 9.17) is 0 Å². The van der Waals surface area contributed by atoms with E-state index < -0.39 is 0 Å². The Balaban J connectivity index is 2.29. The molecule has 0 aromatic carbocycles. The van der Waals surface area contributed by atoms with Crippen molar-refractivity contribution in [3.8, 4) is 0 Å². The molecule has 2 rings (SSSR count). The second-order valence-corrected chi connectivity index (χ2v) is 3.95. The fourth-order valence-corrected chi connectivity index (χ4v) is 2.00. The zero-order chi connectivity index (χ0) is 9.26. The van der Waals surface area contributed by atoms with Crippen LogP contribution in [0.5, 0.6) is 0 Å². The molecule has 2 unspecified atom stereocenters. The van der Waals surface area contributed by atoms with Crippen LogP contribution in [-0.4, -0.2) is 6.21 Å². The average Bonchev–Trinajstić information content (AvgIpc) is 2.17. The van der Waals surface area contributed by atoms with Crippen molar-refractivity contribution in [3.63, 3.8) is 0 Å². The van der Waals surface area contributed by atoms with Gasteiger partial charge in [0, 0.05) is 24.3 Å². The van der Waals surface area contributed by atoms with E-state index in [1.807, 2.05) is 12.4 Å². The van der Waals surface area contributed by atoms with Gasteiger partial charge in [-0.1, -0.05) is 43.7 Å². The highest BCUT2D eigenvalue weighted by Crippen LogP contribution is 2.32. The Hall–Kier alpha value is -1.11. The Kier molecular flexibility index (Phi) is 2.17. The number of rotatable bonds is 1. The summed E-state index contributed by atoms with van der Waals surface area (Å²) in [5.74, 6) is 1.68. The van der Waals surface area contributed by atoms with Gasteiger partial charge in [-0.05, 0) is 5.92 Å². The number of aliphatic imine (C=N–C) groups is 1. The van der Waals surface area contributed by atoms with Crippen LogP contribution in [0.1, 0.15) is 13.8 Å². The third-order valence-corrected chi connectivity index (χ3v) is 2.73. The first-order valence-electron chi connectivity index (χ1n) is 4.87. The molecule has 0 fully saturated rings. The minimum atomic E-state index is 0.493. The van der Waals surface area contributed by atoms with Crippen LogP contribution in [0.15, 0.2) is 41.1 Å². The third-order valence-electron chi connectivity index (χ3n) is 2.73. The Morgan fingerprint density at radius 2 is 2.15 bits per heavy atom. The second kappa shape index (κ2) is 3.33. The molecule has 1 aliphatic heterocycles. The molecule has 0 saturated heterocycles. The fourth-order valence-electron chi connectivity index (χ4n) is 2.00. The first-order chi connectivity index (χ1) is 6.29. The summed E-state index contributed by atoms with van der Waals surface area (Å²) in [6, 6.07) is 0. The molecule has 1 aliphatic carbocycles. The van der Waals surface area contributed by atoms with Gasteiger partial charge in [-0.2, -0.15) is 0 Å². The summed E-state index contributed by atoms with van der Waals surface area (Å²) in [7, 11) is 0. The van der Waals surface area contributed by atoms with Gasteiger partial charge in [0.15, 0.2) is 0 Å². The van der Waals surface area contributed by atoms with E-state index in [2.05, 4.69) is 43.1 Å². The Labute approximate surface area is 79.6 Å². The molecule has 1 heterocycles. The van der Waals surface area contributed by atoms with Crippen LogP contribution in [0, 0.1) is 17.8 Å². The first-order valence-corrected chi connectivity index (χ1v) is 4.87. The Morgan fingerprint density at radius 3 is 2.92 bits per heavy atom. The maximum absolute atomic E-state index is 4.17. The molecule has 0 aromatic rings. The van der Waals surface area contributed by atoms with E-state index in [0.717, 1.165) is 0 Å². The summed E-state index contributed by atoms with van der Waals surface area (Å²) in [5, 5.41) is 0. The summed E-state index contributed by atoms with van der Waals surface area (Å²) in [5.41, 5.74) is 1.52. The summed E-state index contributed by atoms with van der Waals surface area (Å²) >= 11 is 0. The van der Waals surface area contributed by atoms with Crippen LogP contribution < -0.4 is 0 Å². The number of allylic oxidation sites excluding steroid dienone is 5. The van der Waals surface area contributed by atoms with Gasteiger partial charge in [-0.3, -0.25) is 4.99 Å². The zero-order valence-corrected chi connectivity index (χ0v) is 8.14.